The summed E-state index contributed by atoms with van der Waals surface area (Å²) in [6.45, 7) is 0. The molecule has 29 heavy (non-hydrogen) atoms. The predicted molar refractivity (Wildman–Crippen MR) is 104 cm³/mol. The number of imidazole rings is 1. The molecule has 3 aromatic rings. The van der Waals surface area contributed by atoms with E-state index >= 15 is 0 Å². The van der Waals surface area contributed by atoms with Gasteiger partial charge < -0.3 is 24.6 Å². The minimum atomic E-state index is -0.595. The molecule has 0 aliphatic rings. The van der Waals surface area contributed by atoms with Crippen molar-refractivity contribution in [2.75, 3.05) is 19.5 Å². The van der Waals surface area contributed by atoms with E-state index in [0.29, 0.717) is 22.4 Å². The topological polar surface area (TPSA) is 145 Å². The van der Waals surface area contributed by atoms with Gasteiger partial charge in [-0.1, -0.05) is 23.7 Å². The van der Waals surface area contributed by atoms with Crippen LogP contribution in [0.5, 0.6) is 0 Å². The third-order valence-corrected chi connectivity index (χ3v) is 4.23. The SMILES string of the molecule is COC(=O)Nc1ccc(-c2nc(C(N)Cc3nc(C(=O)OC)co3)[nH]c2Cl)cc1. The number of carbonyl (C=O) groups is 2. The Hall–Kier alpha value is -3.37. The van der Waals surface area contributed by atoms with Crippen molar-refractivity contribution in [3.8, 4) is 11.3 Å². The fourth-order valence-corrected chi connectivity index (χ4v) is 2.75. The maximum Gasteiger partial charge on any atom is 0.411 e. The lowest BCUT2D eigenvalue weighted by molar-refractivity contribution is 0.0594. The predicted octanol–water partition coefficient (Wildman–Crippen LogP) is 2.93. The van der Waals surface area contributed by atoms with Gasteiger partial charge in [-0.15, -0.1) is 0 Å². The van der Waals surface area contributed by atoms with E-state index in [0.717, 1.165) is 5.56 Å². The van der Waals surface area contributed by atoms with E-state index in [4.69, 9.17) is 21.8 Å². The van der Waals surface area contributed by atoms with E-state index in [-0.39, 0.29) is 18.0 Å². The normalized spacial score (nSPS) is 11.7. The Morgan fingerprint density at radius 3 is 2.62 bits per heavy atom. The molecule has 1 amide bonds. The summed E-state index contributed by atoms with van der Waals surface area (Å²) in [6, 6.07) is 6.29. The van der Waals surface area contributed by atoms with Crippen LogP contribution in [0.15, 0.2) is 34.9 Å². The van der Waals surface area contributed by atoms with Crippen LogP contribution < -0.4 is 11.1 Å². The Morgan fingerprint density at radius 2 is 1.97 bits per heavy atom. The number of carbonyl (C=O) groups excluding carboxylic acids is 2. The summed E-state index contributed by atoms with van der Waals surface area (Å²) in [7, 11) is 2.54. The molecular weight excluding hydrogens is 402 g/mol. The molecule has 11 heteroatoms. The first-order chi connectivity index (χ1) is 13.9. The third-order valence-electron chi connectivity index (χ3n) is 3.96. The minimum Gasteiger partial charge on any atom is -0.464 e. The zero-order valence-corrected chi connectivity index (χ0v) is 16.3. The molecule has 0 fully saturated rings. The van der Waals surface area contributed by atoms with Crippen molar-refractivity contribution in [2.45, 2.75) is 12.5 Å². The molecule has 152 valence electrons. The number of ether oxygens (including phenoxy) is 2. The zero-order chi connectivity index (χ0) is 21.0. The van der Waals surface area contributed by atoms with Crippen molar-refractivity contribution in [1.29, 1.82) is 0 Å². The largest absolute Gasteiger partial charge is 0.464 e. The van der Waals surface area contributed by atoms with Crippen molar-refractivity contribution in [1.82, 2.24) is 15.0 Å². The molecule has 0 saturated carbocycles. The standard InChI is InChI=1S/C18H18ClN5O5/c1-27-17(25)12-8-29-13(22-12)7-11(20)16-23-14(15(19)24-16)9-3-5-10(6-4-9)21-18(26)28-2/h3-6,8,11H,7,20H2,1-2H3,(H,21,26)(H,23,24). The van der Waals surface area contributed by atoms with Gasteiger partial charge in [0.1, 0.15) is 22.9 Å². The molecule has 0 spiro atoms. The molecule has 1 aromatic carbocycles. The van der Waals surface area contributed by atoms with E-state index in [9.17, 15) is 9.59 Å². The van der Waals surface area contributed by atoms with Crippen LogP contribution in [0.2, 0.25) is 5.15 Å². The summed E-state index contributed by atoms with van der Waals surface area (Å²) in [5.41, 5.74) is 8.03. The Labute approximate surface area is 170 Å². The number of methoxy groups -OCH3 is 2. The monoisotopic (exact) mass is 419 g/mol. The third kappa shape index (κ3) is 4.73. The number of anilines is 1. The molecule has 0 aliphatic carbocycles. The van der Waals surface area contributed by atoms with Gasteiger partial charge in [0.2, 0.25) is 0 Å². The Kier molecular flexibility index (Phi) is 6.15. The minimum absolute atomic E-state index is 0.0634. The van der Waals surface area contributed by atoms with Crippen molar-refractivity contribution in [3.05, 3.63) is 53.1 Å². The highest BCUT2D eigenvalue weighted by molar-refractivity contribution is 6.31. The van der Waals surface area contributed by atoms with E-state index in [1.807, 2.05) is 0 Å². The average Bonchev–Trinajstić information content (AvgIpc) is 3.34. The number of nitrogens with one attached hydrogen (secondary N) is 2. The second-order valence-corrected chi connectivity index (χ2v) is 6.29. The van der Waals surface area contributed by atoms with Crippen LogP contribution in [0.1, 0.15) is 28.2 Å². The lowest BCUT2D eigenvalue weighted by Crippen LogP contribution is -2.15. The number of oxazole rings is 1. The van der Waals surface area contributed by atoms with Gasteiger partial charge in [-0.3, -0.25) is 5.32 Å². The van der Waals surface area contributed by atoms with Gasteiger partial charge in [-0.2, -0.15) is 0 Å². The highest BCUT2D eigenvalue weighted by atomic mass is 35.5. The fourth-order valence-electron chi connectivity index (χ4n) is 2.50. The van der Waals surface area contributed by atoms with Crippen molar-refractivity contribution in [2.24, 2.45) is 5.73 Å². The van der Waals surface area contributed by atoms with E-state index in [1.165, 1.54) is 20.5 Å². The summed E-state index contributed by atoms with van der Waals surface area (Å²) in [6.07, 6.45) is 0.839. The molecule has 1 atom stereocenters. The van der Waals surface area contributed by atoms with Gasteiger partial charge in [0, 0.05) is 17.7 Å². The number of esters is 1. The Balaban J connectivity index is 1.73. The molecule has 2 aromatic heterocycles. The molecule has 0 radical (unpaired) electrons. The van der Waals surface area contributed by atoms with E-state index < -0.39 is 18.1 Å². The second kappa shape index (κ2) is 8.76. The second-order valence-electron chi connectivity index (χ2n) is 5.91. The Bertz CT molecular complexity index is 1010. The van der Waals surface area contributed by atoms with Crippen LogP contribution in [-0.2, 0) is 15.9 Å². The van der Waals surface area contributed by atoms with Gasteiger partial charge in [-0.05, 0) is 12.1 Å². The van der Waals surface area contributed by atoms with Crippen LogP contribution in [-0.4, -0.2) is 41.2 Å². The number of nitrogens with zero attached hydrogens (tertiary/aromatic N) is 2. The van der Waals surface area contributed by atoms with Crippen LogP contribution in [0.3, 0.4) is 0 Å². The summed E-state index contributed by atoms with van der Waals surface area (Å²) in [5.74, 6) is 0.104. The molecule has 3 rings (SSSR count). The number of hydrogen-bond donors (Lipinski definition) is 3. The lowest BCUT2D eigenvalue weighted by atomic mass is 10.1. The first-order valence-electron chi connectivity index (χ1n) is 8.40. The molecule has 4 N–H and O–H groups in total. The zero-order valence-electron chi connectivity index (χ0n) is 15.6. The van der Waals surface area contributed by atoms with E-state index in [1.54, 1.807) is 24.3 Å². The quantitative estimate of drug-likeness (QED) is 0.517. The lowest BCUT2D eigenvalue weighted by Gasteiger charge is -2.05. The molecule has 0 aliphatic heterocycles. The van der Waals surface area contributed by atoms with Crippen molar-refractivity contribution >= 4 is 29.4 Å². The maximum atomic E-state index is 11.4. The number of aromatic nitrogens is 3. The highest BCUT2D eigenvalue weighted by Crippen LogP contribution is 2.28. The number of aromatic amines is 1. The molecule has 2 heterocycles. The summed E-state index contributed by atoms with van der Waals surface area (Å²) in [4.78, 5) is 34.1. The maximum absolute atomic E-state index is 11.4. The average molecular weight is 420 g/mol. The van der Waals surface area contributed by atoms with Crippen LogP contribution in [0, 0.1) is 0 Å². The summed E-state index contributed by atoms with van der Waals surface area (Å²) >= 11 is 6.27. The Morgan fingerprint density at radius 1 is 1.24 bits per heavy atom. The summed E-state index contributed by atoms with van der Waals surface area (Å²) in [5, 5.41) is 2.87. The molecule has 0 saturated heterocycles. The van der Waals surface area contributed by atoms with Crippen LogP contribution in [0.25, 0.3) is 11.3 Å². The van der Waals surface area contributed by atoms with Gasteiger partial charge in [-0.25, -0.2) is 19.6 Å². The number of halogens is 1. The van der Waals surface area contributed by atoms with Crippen molar-refractivity contribution in [3.63, 3.8) is 0 Å². The number of H-pyrrole nitrogens is 1. The molecular formula is C18H18ClN5O5. The highest BCUT2D eigenvalue weighted by Gasteiger charge is 2.20. The van der Waals surface area contributed by atoms with Gasteiger partial charge >= 0.3 is 12.1 Å². The molecule has 0 bridgehead atoms. The van der Waals surface area contributed by atoms with Crippen LogP contribution in [0.4, 0.5) is 10.5 Å². The molecule has 1 unspecified atom stereocenters. The number of nitrogens with two attached hydrogens (primary N) is 1. The number of benzene rings is 1. The fraction of sp³-hybridized carbons (Fsp3) is 0.222. The van der Waals surface area contributed by atoms with Gasteiger partial charge in [0.15, 0.2) is 11.6 Å². The van der Waals surface area contributed by atoms with Crippen molar-refractivity contribution < 1.29 is 23.5 Å². The molecule has 10 nitrogen and oxygen atoms in total. The smallest absolute Gasteiger partial charge is 0.411 e. The summed E-state index contributed by atoms with van der Waals surface area (Å²) < 4.78 is 14.4. The number of rotatable bonds is 6. The number of amides is 1. The van der Waals surface area contributed by atoms with Gasteiger partial charge in [0.25, 0.3) is 0 Å². The van der Waals surface area contributed by atoms with Gasteiger partial charge in [0.05, 0.1) is 20.3 Å². The first-order valence-corrected chi connectivity index (χ1v) is 8.78. The number of hydrogen-bond acceptors (Lipinski definition) is 8. The van der Waals surface area contributed by atoms with Crippen LogP contribution >= 0.6 is 11.6 Å². The van der Waals surface area contributed by atoms with E-state index in [2.05, 4.69) is 29.7 Å². The first kappa shape index (κ1) is 20.4.